The molecule has 10 rings (SSSR count). The van der Waals surface area contributed by atoms with Crippen molar-refractivity contribution in [1.29, 1.82) is 0 Å². The van der Waals surface area contributed by atoms with E-state index in [9.17, 15) is 0 Å². The lowest BCUT2D eigenvalue weighted by molar-refractivity contribution is 1.03. The van der Waals surface area contributed by atoms with E-state index in [1.807, 2.05) is 42.5 Å². The Morgan fingerprint density at radius 1 is 0.491 bits per heavy atom. The van der Waals surface area contributed by atoms with Gasteiger partial charge in [0.2, 0.25) is 0 Å². The fourth-order valence-corrected chi connectivity index (χ4v) is 7.95. The highest BCUT2D eigenvalue weighted by molar-refractivity contribution is 6.26. The topological polar surface area (TPSA) is 53.2 Å². The van der Waals surface area contributed by atoms with Crippen molar-refractivity contribution in [3.05, 3.63) is 199 Å². The lowest BCUT2D eigenvalue weighted by atomic mass is 10.1. The van der Waals surface area contributed by atoms with Crippen LogP contribution in [0.4, 0.5) is 0 Å². The lowest BCUT2D eigenvalue weighted by Gasteiger charge is -2.15. The Bertz CT molecular complexity index is 2980. The molecule has 0 amide bonds. The molecule has 2 N–H and O–H groups in total. The third kappa shape index (κ3) is 5.05. The van der Waals surface area contributed by atoms with Gasteiger partial charge in [0.25, 0.3) is 0 Å². The van der Waals surface area contributed by atoms with Crippen molar-refractivity contribution in [2.75, 3.05) is 0 Å². The summed E-state index contributed by atoms with van der Waals surface area (Å²) in [7, 11) is 0. The molecule has 5 nitrogen and oxygen atoms in total. The molecule has 0 radical (unpaired) electrons. The third-order valence-corrected chi connectivity index (χ3v) is 10.3. The summed E-state index contributed by atoms with van der Waals surface area (Å²) in [6, 6.07) is 64.1. The zero-order valence-corrected chi connectivity index (χ0v) is 29.0. The zero-order valence-electron chi connectivity index (χ0n) is 29.0. The number of rotatable bonds is 6. The molecular weight excluding hydrogens is 647 g/mol. The summed E-state index contributed by atoms with van der Waals surface area (Å²) in [5.41, 5.74) is 17.4. The van der Waals surface area contributed by atoms with Crippen LogP contribution in [0.5, 0.6) is 0 Å². The van der Waals surface area contributed by atoms with Crippen LogP contribution in [0.3, 0.4) is 0 Å². The van der Waals surface area contributed by atoms with E-state index in [0.29, 0.717) is 12.2 Å². The SMILES string of the molecule is N/C(=C\C(=NCc1ccccc1)n1c2ccccc2c2c3ccccc3n(-c3cccc(-n4c5ccccc5c5ccccc54)c3)c21)c1ccccc1. The molecular formula is C48H35N5. The summed E-state index contributed by atoms with van der Waals surface area (Å²) >= 11 is 0. The Balaban J connectivity index is 1.28. The largest absolute Gasteiger partial charge is 0.398 e. The molecule has 0 atom stereocenters. The van der Waals surface area contributed by atoms with Gasteiger partial charge in [-0.1, -0.05) is 140 Å². The first-order valence-corrected chi connectivity index (χ1v) is 18.0. The maximum Gasteiger partial charge on any atom is 0.136 e. The van der Waals surface area contributed by atoms with Gasteiger partial charge in [0.05, 0.1) is 28.6 Å². The van der Waals surface area contributed by atoms with Crippen LogP contribution in [-0.2, 0) is 6.54 Å². The first kappa shape index (κ1) is 30.7. The molecule has 7 aromatic carbocycles. The van der Waals surface area contributed by atoms with Crippen LogP contribution < -0.4 is 5.73 Å². The average Bonchev–Trinajstić information content (AvgIpc) is 3.86. The van der Waals surface area contributed by atoms with Gasteiger partial charge in [0, 0.05) is 50.1 Å². The number of fused-ring (bicyclic) bond motifs is 8. The molecule has 0 aliphatic heterocycles. The van der Waals surface area contributed by atoms with Crippen molar-refractivity contribution in [3.8, 4) is 11.4 Å². The monoisotopic (exact) mass is 681 g/mol. The van der Waals surface area contributed by atoms with Crippen molar-refractivity contribution in [2.24, 2.45) is 10.7 Å². The van der Waals surface area contributed by atoms with Crippen LogP contribution >= 0.6 is 0 Å². The van der Waals surface area contributed by atoms with E-state index in [-0.39, 0.29) is 0 Å². The minimum Gasteiger partial charge on any atom is -0.398 e. The van der Waals surface area contributed by atoms with Crippen molar-refractivity contribution in [2.45, 2.75) is 6.54 Å². The molecule has 10 aromatic rings. The van der Waals surface area contributed by atoms with Crippen molar-refractivity contribution in [1.82, 2.24) is 13.7 Å². The summed E-state index contributed by atoms with van der Waals surface area (Å²) in [5.74, 6) is 0.768. The Labute approximate surface area is 306 Å². The van der Waals surface area contributed by atoms with Crippen LogP contribution in [-0.4, -0.2) is 19.5 Å². The number of aromatic nitrogens is 3. The van der Waals surface area contributed by atoms with Gasteiger partial charge in [-0.25, -0.2) is 0 Å². The fraction of sp³-hybridized carbons (Fsp3) is 0.0208. The van der Waals surface area contributed by atoms with Crippen LogP contribution in [0.15, 0.2) is 193 Å². The number of allylic oxidation sites excluding steroid dienone is 1. The van der Waals surface area contributed by atoms with Gasteiger partial charge in [-0.3, -0.25) is 14.1 Å². The van der Waals surface area contributed by atoms with Gasteiger partial charge >= 0.3 is 0 Å². The number of hydrogen-bond acceptors (Lipinski definition) is 2. The molecule has 0 bridgehead atoms. The summed E-state index contributed by atoms with van der Waals surface area (Å²) < 4.78 is 7.08. The van der Waals surface area contributed by atoms with Gasteiger partial charge < -0.3 is 10.3 Å². The minimum absolute atomic E-state index is 0.506. The maximum atomic E-state index is 6.91. The second kappa shape index (κ2) is 12.6. The molecule has 53 heavy (non-hydrogen) atoms. The number of nitrogens with two attached hydrogens (primary N) is 1. The molecule has 0 unspecified atom stereocenters. The summed E-state index contributed by atoms with van der Waals surface area (Å²) in [5, 5.41) is 6.00. The van der Waals surface area contributed by atoms with E-state index in [0.717, 1.165) is 50.4 Å². The molecule has 3 heterocycles. The van der Waals surface area contributed by atoms with Crippen LogP contribution in [0.25, 0.3) is 71.7 Å². The van der Waals surface area contributed by atoms with Crippen LogP contribution in [0.1, 0.15) is 11.1 Å². The van der Waals surface area contributed by atoms with Crippen molar-refractivity contribution >= 4 is 66.2 Å². The quantitative estimate of drug-likeness (QED) is 0.138. The highest BCUT2D eigenvalue weighted by atomic mass is 15.2. The Morgan fingerprint density at radius 3 is 1.62 bits per heavy atom. The highest BCUT2D eigenvalue weighted by Gasteiger charge is 2.23. The molecule has 0 aliphatic rings. The van der Waals surface area contributed by atoms with Gasteiger partial charge in [-0.15, -0.1) is 0 Å². The predicted octanol–water partition coefficient (Wildman–Crippen LogP) is 11.3. The summed E-state index contributed by atoms with van der Waals surface area (Å²) in [6.45, 7) is 0.506. The molecule has 0 aliphatic carbocycles. The van der Waals surface area contributed by atoms with E-state index in [4.69, 9.17) is 10.7 Å². The average molecular weight is 682 g/mol. The molecule has 252 valence electrons. The van der Waals surface area contributed by atoms with Crippen molar-refractivity contribution < 1.29 is 0 Å². The summed E-state index contributed by atoms with van der Waals surface area (Å²) in [6.07, 6.45) is 2.03. The molecule has 5 heteroatoms. The van der Waals surface area contributed by atoms with E-state index >= 15 is 0 Å². The summed E-state index contributed by atoms with van der Waals surface area (Å²) in [4.78, 5) is 5.34. The Morgan fingerprint density at radius 2 is 0.981 bits per heavy atom. The number of hydrogen-bond donors (Lipinski definition) is 1. The van der Waals surface area contributed by atoms with Crippen LogP contribution in [0, 0.1) is 0 Å². The smallest absolute Gasteiger partial charge is 0.136 e. The number of nitrogens with zero attached hydrogens (tertiary/aromatic N) is 4. The molecule has 0 saturated heterocycles. The van der Waals surface area contributed by atoms with E-state index in [2.05, 4.69) is 159 Å². The fourth-order valence-electron chi connectivity index (χ4n) is 7.95. The van der Waals surface area contributed by atoms with Crippen LogP contribution in [0.2, 0.25) is 0 Å². The normalized spacial score (nSPS) is 12.5. The van der Waals surface area contributed by atoms with Gasteiger partial charge in [-0.05, 0) is 53.6 Å². The first-order chi connectivity index (χ1) is 26.2. The van der Waals surface area contributed by atoms with Gasteiger partial charge in [0.1, 0.15) is 11.5 Å². The zero-order chi connectivity index (χ0) is 35.3. The number of para-hydroxylation sites is 4. The minimum atomic E-state index is 0.506. The second-order valence-electron chi connectivity index (χ2n) is 13.4. The Hall–Kier alpha value is -7.11. The van der Waals surface area contributed by atoms with E-state index < -0.39 is 0 Å². The standard InChI is InChI=1S/C48H35N5/c49-41(34-18-5-2-6-19-34)31-46(50-32-33-16-3-1-4-17-33)53-45-29-14-10-25-40(45)47-39-24-9-13-28-44(39)52(48(47)53)36-21-15-20-35(30-36)51-42-26-11-7-22-37(42)38-23-8-12-27-43(38)51/h1-31H,32,49H2/b41-31-,50-46?. The number of aliphatic imine (C=N–C) groups is 1. The van der Waals surface area contributed by atoms with Gasteiger partial charge in [-0.2, -0.15) is 0 Å². The molecule has 0 spiro atoms. The third-order valence-electron chi connectivity index (χ3n) is 10.3. The molecule has 0 fully saturated rings. The van der Waals surface area contributed by atoms with Crippen molar-refractivity contribution in [3.63, 3.8) is 0 Å². The highest BCUT2D eigenvalue weighted by Crippen LogP contribution is 2.40. The number of benzene rings is 7. The second-order valence-corrected chi connectivity index (χ2v) is 13.4. The van der Waals surface area contributed by atoms with E-state index in [1.54, 1.807) is 0 Å². The molecule has 0 saturated carbocycles. The Kier molecular flexibility index (Phi) is 7.29. The first-order valence-electron chi connectivity index (χ1n) is 18.0. The predicted molar refractivity (Wildman–Crippen MR) is 222 cm³/mol. The van der Waals surface area contributed by atoms with E-state index in [1.165, 1.54) is 32.6 Å². The lowest BCUT2D eigenvalue weighted by Crippen LogP contribution is -2.14. The van der Waals surface area contributed by atoms with Gasteiger partial charge in [0.15, 0.2) is 0 Å². The molecule has 3 aromatic heterocycles. The maximum absolute atomic E-state index is 6.91.